The summed E-state index contributed by atoms with van der Waals surface area (Å²) < 4.78 is 1.97. The average Bonchev–Trinajstić information content (AvgIpc) is 3.32. The van der Waals surface area contributed by atoms with Crippen LogP contribution in [0.2, 0.25) is 0 Å². The number of carbonyl (C=O) groups is 1. The molecule has 0 aliphatic carbocycles. The van der Waals surface area contributed by atoms with Crippen molar-refractivity contribution in [2.45, 2.75) is 44.2 Å². The first-order valence-corrected chi connectivity index (χ1v) is 9.42. The molecule has 2 aromatic rings. The fourth-order valence-electron chi connectivity index (χ4n) is 4.06. The highest BCUT2D eigenvalue weighted by Crippen LogP contribution is 2.23. The van der Waals surface area contributed by atoms with Crippen LogP contribution in [-0.4, -0.2) is 46.3 Å². The van der Waals surface area contributed by atoms with Crippen molar-refractivity contribution in [3.8, 4) is 0 Å². The number of halogens is 1. The standard InChI is InChI=1S/C20H26N4O.ClH/c25-20(19-10-13-24(22-19)18-8-4-11-21-15-18)23-12-5-9-17(23)14-16-6-2-1-3-7-16;/h1-3,6-7,10,13,17-18,21H,4-5,8-9,11-12,14-15H2;1H. The Labute approximate surface area is 161 Å². The lowest BCUT2D eigenvalue weighted by Crippen LogP contribution is -2.37. The zero-order valence-electron chi connectivity index (χ0n) is 15.0. The van der Waals surface area contributed by atoms with E-state index >= 15 is 0 Å². The van der Waals surface area contributed by atoms with Crippen LogP contribution in [0.25, 0.3) is 0 Å². The predicted molar refractivity (Wildman–Crippen MR) is 105 cm³/mol. The number of amides is 1. The van der Waals surface area contributed by atoms with E-state index in [2.05, 4.69) is 34.7 Å². The minimum Gasteiger partial charge on any atom is -0.334 e. The maximum atomic E-state index is 13.0. The lowest BCUT2D eigenvalue weighted by molar-refractivity contribution is 0.0729. The molecule has 140 valence electrons. The van der Waals surface area contributed by atoms with Crippen LogP contribution in [-0.2, 0) is 6.42 Å². The Bertz CT molecular complexity index is 712. The minimum atomic E-state index is 0. The number of piperidine rings is 1. The molecule has 0 radical (unpaired) electrons. The number of nitrogens with zero attached hydrogens (tertiary/aromatic N) is 3. The van der Waals surface area contributed by atoms with E-state index in [1.54, 1.807) is 0 Å². The van der Waals surface area contributed by atoms with Crippen LogP contribution in [0.4, 0.5) is 0 Å². The Morgan fingerprint density at radius 2 is 2.00 bits per heavy atom. The number of rotatable bonds is 4. The molecule has 3 heterocycles. The summed E-state index contributed by atoms with van der Waals surface area (Å²) in [4.78, 5) is 15.0. The van der Waals surface area contributed by atoms with Gasteiger partial charge in [-0.15, -0.1) is 12.4 Å². The van der Waals surface area contributed by atoms with E-state index in [1.165, 1.54) is 12.0 Å². The molecule has 2 aliphatic rings. The summed E-state index contributed by atoms with van der Waals surface area (Å²) in [5.74, 6) is 0.0842. The van der Waals surface area contributed by atoms with Gasteiger partial charge in [0.05, 0.1) is 6.04 Å². The maximum absolute atomic E-state index is 13.0. The van der Waals surface area contributed by atoms with Crippen molar-refractivity contribution in [1.82, 2.24) is 20.0 Å². The molecular formula is C20H27ClN4O. The zero-order chi connectivity index (χ0) is 17.1. The van der Waals surface area contributed by atoms with E-state index < -0.39 is 0 Å². The normalized spacial score (nSPS) is 22.8. The summed E-state index contributed by atoms with van der Waals surface area (Å²) in [5.41, 5.74) is 1.89. The van der Waals surface area contributed by atoms with Crippen LogP contribution in [0.5, 0.6) is 0 Å². The summed E-state index contributed by atoms with van der Waals surface area (Å²) in [5, 5.41) is 8.01. The quantitative estimate of drug-likeness (QED) is 0.894. The summed E-state index contributed by atoms with van der Waals surface area (Å²) in [6.45, 7) is 2.86. The molecule has 26 heavy (non-hydrogen) atoms. The van der Waals surface area contributed by atoms with Crippen molar-refractivity contribution >= 4 is 18.3 Å². The molecule has 1 N–H and O–H groups in total. The second-order valence-electron chi connectivity index (χ2n) is 7.17. The van der Waals surface area contributed by atoms with Gasteiger partial charge in [-0.25, -0.2) is 0 Å². The molecule has 1 amide bonds. The molecule has 1 aromatic heterocycles. The van der Waals surface area contributed by atoms with Gasteiger partial charge >= 0.3 is 0 Å². The number of carbonyl (C=O) groups excluding carboxylic acids is 1. The summed E-state index contributed by atoms with van der Waals surface area (Å²) in [6, 6.07) is 13.0. The van der Waals surface area contributed by atoms with Crippen LogP contribution < -0.4 is 5.32 Å². The van der Waals surface area contributed by atoms with Crippen molar-refractivity contribution in [3.63, 3.8) is 0 Å². The Balaban J connectivity index is 0.00000196. The molecule has 2 aliphatic heterocycles. The molecule has 0 saturated carbocycles. The maximum Gasteiger partial charge on any atom is 0.274 e. The van der Waals surface area contributed by atoms with Crippen LogP contribution in [0.3, 0.4) is 0 Å². The Morgan fingerprint density at radius 1 is 1.15 bits per heavy atom. The number of likely N-dealkylation sites (tertiary alicyclic amines) is 1. The van der Waals surface area contributed by atoms with Gasteiger partial charge in [0.2, 0.25) is 0 Å². The molecule has 2 unspecified atom stereocenters. The predicted octanol–water partition coefficient (Wildman–Crippen LogP) is 3.08. The third-order valence-corrected chi connectivity index (χ3v) is 5.42. The molecule has 1 aromatic carbocycles. The smallest absolute Gasteiger partial charge is 0.274 e. The first kappa shape index (κ1) is 18.9. The molecule has 4 rings (SSSR count). The fraction of sp³-hybridized carbons (Fsp3) is 0.500. The van der Waals surface area contributed by atoms with E-state index in [0.29, 0.717) is 11.7 Å². The van der Waals surface area contributed by atoms with Crippen molar-refractivity contribution in [2.75, 3.05) is 19.6 Å². The van der Waals surface area contributed by atoms with Crippen molar-refractivity contribution < 1.29 is 4.79 Å². The van der Waals surface area contributed by atoms with E-state index in [0.717, 1.165) is 45.3 Å². The lowest BCUT2D eigenvalue weighted by Gasteiger charge is -2.25. The van der Waals surface area contributed by atoms with Gasteiger partial charge in [-0.2, -0.15) is 5.10 Å². The fourth-order valence-corrected chi connectivity index (χ4v) is 4.06. The summed E-state index contributed by atoms with van der Waals surface area (Å²) in [7, 11) is 0. The van der Waals surface area contributed by atoms with Gasteiger partial charge < -0.3 is 10.2 Å². The molecule has 5 nitrogen and oxygen atoms in total. The highest BCUT2D eigenvalue weighted by molar-refractivity contribution is 5.92. The molecule has 0 spiro atoms. The van der Waals surface area contributed by atoms with E-state index in [-0.39, 0.29) is 24.4 Å². The van der Waals surface area contributed by atoms with Crippen LogP contribution in [0.15, 0.2) is 42.6 Å². The summed E-state index contributed by atoms with van der Waals surface area (Å²) >= 11 is 0. The van der Waals surface area contributed by atoms with Crippen molar-refractivity contribution in [1.29, 1.82) is 0 Å². The Morgan fingerprint density at radius 3 is 2.77 bits per heavy atom. The van der Waals surface area contributed by atoms with E-state index in [4.69, 9.17) is 0 Å². The number of nitrogens with one attached hydrogen (secondary N) is 1. The monoisotopic (exact) mass is 374 g/mol. The minimum absolute atomic E-state index is 0. The molecule has 2 atom stereocenters. The number of aromatic nitrogens is 2. The van der Waals surface area contributed by atoms with Gasteiger partial charge in [0.25, 0.3) is 5.91 Å². The second-order valence-corrected chi connectivity index (χ2v) is 7.17. The largest absolute Gasteiger partial charge is 0.334 e. The van der Waals surface area contributed by atoms with Crippen molar-refractivity contribution in [2.24, 2.45) is 0 Å². The molecule has 0 bridgehead atoms. The molecule has 2 fully saturated rings. The summed E-state index contributed by atoms with van der Waals surface area (Å²) in [6.07, 6.45) is 7.35. The van der Waals surface area contributed by atoms with Gasteiger partial charge in [-0.3, -0.25) is 9.48 Å². The van der Waals surface area contributed by atoms with Gasteiger partial charge in [0, 0.05) is 25.3 Å². The molecule has 2 saturated heterocycles. The number of benzene rings is 1. The van der Waals surface area contributed by atoms with Gasteiger partial charge in [-0.1, -0.05) is 30.3 Å². The second kappa shape index (κ2) is 8.69. The van der Waals surface area contributed by atoms with Crippen LogP contribution in [0.1, 0.15) is 47.8 Å². The number of hydrogen-bond acceptors (Lipinski definition) is 3. The first-order chi connectivity index (χ1) is 12.3. The Kier molecular flexibility index (Phi) is 6.33. The third-order valence-electron chi connectivity index (χ3n) is 5.42. The average molecular weight is 375 g/mol. The van der Waals surface area contributed by atoms with Gasteiger partial charge in [0.1, 0.15) is 5.69 Å². The SMILES string of the molecule is Cl.O=C(c1ccn(C2CCCNC2)n1)N1CCCC1Cc1ccccc1. The van der Waals surface area contributed by atoms with Crippen LogP contribution >= 0.6 is 12.4 Å². The lowest BCUT2D eigenvalue weighted by atomic mass is 10.0. The van der Waals surface area contributed by atoms with Gasteiger partial charge in [-0.05, 0) is 50.3 Å². The zero-order valence-corrected chi connectivity index (χ0v) is 15.8. The Hall–Kier alpha value is -1.85. The molecule has 6 heteroatoms. The van der Waals surface area contributed by atoms with Crippen molar-refractivity contribution in [3.05, 3.63) is 53.9 Å². The third kappa shape index (κ3) is 4.10. The first-order valence-electron chi connectivity index (χ1n) is 9.42. The number of hydrogen-bond donors (Lipinski definition) is 1. The highest BCUT2D eigenvalue weighted by atomic mass is 35.5. The highest BCUT2D eigenvalue weighted by Gasteiger charge is 2.31. The topological polar surface area (TPSA) is 50.2 Å². The van der Waals surface area contributed by atoms with Gasteiger partial charge in [0.15, 0.2) is 0 Å². The van der Waals surface area contributed by atoms with Crippen LogP contribution in [0, 0.1) is 0 Å². The molecular weight excluding hydrogens is 348 g/mol. The van der Waals surface area contributed by atoms with E-state index in [1.807, 2.05) is 27.9 Å². The van der Waals surface area contributed by atoms with E-state index in [9.17, 15) is 4.79 Å².